The molecule has 0 aliphatic heterocycles. The zero-order valence-electron chi connectivity index (χ0n) is 7.48. The van der Waals surface area contributed by atoms with E-state index in [1.165, 1.54) is 0 Å². The van der Waals surface area contributed by atoms with E-state index in [0.29, 0.717) is 6.61 Å². The van der Waals surface area contributed by atoms with Crippen molar-refractivity contribution in [1.29, 1.82) is 0 Å². The maximum atomic E-state index is 8.99. The van der Waals surface area contributed by atoms with Gasteiger partial charge in [0.05, 0.1) is 11.4 Å². The molecule has 2 nitrogen and oxygen atoms in total. The van der Waals surface area contributed by atoms with Crippen molar-refractivity contribution in [3.05, 3.63) is 0 Å². The quantitative estimate of drug-likeness (QED) is 0.638. The Kier molecular flexibility index (Phi) is 2.52. The number of rotatable bonds is 3. The van der Waals surface area contributed by atoms with Gasteiger partial charge in [0.2, 0.25) is 0 Å². The van der Waals surface area contributed by atoms with Crippen LogP contribution in [0.15, 0.2) is 0 Å². The number of aliphatic hydroxyl groups excluding tert-OH is 1. The third-order valence-corrected chi connectivity index (χ3v) is 3.35. The van der Waals surface area contributed by atoms with E-state index < -0.39 is 0 Å². The first kappa shape index (κ1) is 9.36. The molecule has 0 aromatic rings. The van der Waals surface area contributed by atoms with Crippen molar-refractivity contribution < 1.29 is 5.11 Å². The summed E-state index contributed by atoms with van der Waals surface area (Å²) < 4.78 is 3.49. The van der Waals surface area contributed by atoms with Crippen LogP contribution in [0.5, 0.6) is 0 Å². The lowest BCUT2D eigenvalue weighted by Gasteiger charge is -2.22. The molecule has 1 saturated carbocycles. The van der Waals surface area contributed by atoms with Crippen LogP contribution < -0.4 is 4.72 Å². The Hall–Kier alpha value is 0.270. The van der Waals surface area contributed by atoms with Gasteiger partial charge in [-0.3, -0.25) is 4.72 Å². The van der Waals surface area contributed by atoms with E-state index in [1.807, 2.05) is 0 Å². The van der Waals surface area contributed by atoms with Crippen molar-refractivity contribution in [3.63, 3.8) is 0 Å². The Bertz CT molecular complexity index is 138. The van der Waals surface area contributed by atoms with Crippen molar-refractivity contribution in [2.45, 2.75) is 43.9 Å². The van der Waals surface area contributed by atoms with Crippen molar-refractivity contribution in [1.82, 2.24) is 4.72 Å². The second kappa shape index (κ2) is 2.96. The Morgan fingerprint density at radius 1 is 1.45 bits per heavy atom. The molecule has 0 aromatic heterocycles. The summed E-state index contributed by atoms with van der Waals surface area (Å²) >= 11 is 1.70. The normalized spacial score (nSPS) is 21.8. The Labute approximate surface area is 72.9 Å². The summed E-state index contributed by atoms with van der Waals surface area (Å²) in [5.41, 5.74) is 0.148. The van der Waals surface area contributed by atoms with Crippen LogP contribution >= 0.6 is 11.9 Å². The van der Waals surface area contributed by atoms with Gasteiger partial charge < -0.3 is 5.11 Å². The maximum absolute atomic E-state index is 8.99. The topological polar surface area (TPSA) is 32.3 Å². The smallest absolute Gasteiger partial charge is 0.0590 e. The van der Waals surface area contributed by atoms with Crippen LogP contribution in [-0.2, 0) is 0 Å². The lowest BCUT2D eigenvalue weighted by Crippen LogP contribution is -2.33. The molecule has 0 aromatic carbocycles. The molecule has 0 atom stereocenters. The van der Waals surface area contributed by atoms with Crippen LogP contribution in [0, 0.1) is 0 Å². The molecule has 0 amide bonds. The molecule has 2 N–H and O–H groups in total. The SMILES string of the molecule is CC(C)(C)NSC1(CO)CC1. The zero-order chi connectivity index (χ0) is 8.54. The zero-order valence-corrected chi connectivity index (χ0v) is 8.29. The van der Waals surface area contributed by atoms with Crippen LogP contribution in [0.1, 0.15) is 33.6 Å². The minimum atomic E-state index is 0.148. The highest BCUT2D eigenvalue weighted by Crippen LogP contribution is 2.46. The molecule has 0 bridgehead atoms. The second-order valence-corrected chi connectivity index (χ2v) is 5.57. The average Bonchev–Trinajstić information content (AvgIpc) is 2.63. The van der Waals surface area contributed by atoms with Gasteiger partial charge in [-0.25, -0.2) is 0 Å². The van der Waals surface area contributed by atoms with Gasteiger partial charge >= 0.3 is 0 Å². The molecule has 0 spiro atoms. The Balaban J connectivity index is 2.22. The fraction of sp³-hybridized carbons (Fsp3) is 1.00. The fourth-order valence-electron chi connectivity index (χ4n) is 0.693. The molecule has 0 radical (unpaired) electrons. The van der Waals surface area contributed by atoms with E-state index >= 15 is 0 Å². The highest BCUT2D eigenvalue weighted by molar-refractivity contribution is 7.99. The third-order valence-electron chi connectivity index (χ3n) is 1.67. The van der Waals surface area contributed by atoms with Crippen LogP contribution in [0.3, 0.4) is 0 Å². The lowest BCUT2D eigenvalue weighted by molar-refractivity contribution is 0.288. The number of nitrogens with one attached hydrogen (secondary N) is 1. The summed E-state index contributed by atoms with van der Waals surface area (Å²) in [6.07, 6.45) is 2.30. The predicted octanol–water partition coefficient (Wildman–Crippen LogP) is 1.55. The minimum Gasteiger partial charge on any atom is -0.395 e. The molecule has 0 unspecified atom stereocenters. The molecule has 1 rings (SSSR count). The average molecular weight is 175 g/mol. The number of aliphatic hydroxyl groups is 1. The molecular formula is C8H17NOS. The summed E-state index contributed by atoms with van der Waals surface area (Å²) in [6, 6.07) is 0. The summed E-state index contributed by atoms with van der Waals surface area (Å²) in [6.45, 7) is 6.70. The molecule has 11 heavy (non-hydrogen) atoms. The third kappa shape index (κ3) is 3.01. The molecule has 0 heterocycles. The van der Waals surface area contributed by atoms with E-state index in [2.05, 4.69) is 25.5 Å². The van der Waals surface area contributed by atoms with Crippen LogP contribution in [0.2, 0.25) is 0 Å². The summed E-state index contributed by atoms with van der Waals surface area (Å²) in [4.78, 5) is 0. The van der Waals surface area contributed by atoms with Crippen LogP contribution in [0.4, 0.5) is 0 Å². The summed E-state index contributed by atoms with van der Waals surface area (Å²) in [5.74, 6) is 0. The molecule has 66 valence electrons. The molecule has 1 aliphatic carbocycles. The van der Waals surface area contributed by atoms with Gasteiger partial charge in [-0.1, -0.05) is 11.9 Å². The van der Waals surface area contributed by atoms with Gasteiger partial charge in [-0.2, -0.15) is 0 Å². The van der Waals surface area contributed by atoms with Gasteiger partial charge in [-0.05, 0) is 33.6 Å². The second-order valence-electron chi connectivity index (χ2n) is 4.30. The van der Waals surface area contributed by atoms with Gasteiger partial charge in [-0.15, -0.1) is 0 Å². The van der Waals surface area contributed by atoms with Crippen LogP contribution in [-0.4, -0.2) is 22.0 Å². The van der Waals surface area contributed by atoms with Crippen molar-refractivity contribution in [2.24, 2.45) is 0 Å². The van der Waals surface area contributed by atoms with E-state index in [0.717, 1.165) is 12.8 Å². The predicted molar refractivity (Wildman–Crippen MR) is 49.5 cm³/mol. The van der Waals surface area contributed by atoms with Crippen molar-refractivity contribution in [3.8, 4) is 0 Å². The Morgan fingerprint density at radius 3 is 2.27 bits per heavy atom. The van der Waals surface area contributed by atoms with E-state index in [-0.39, 0.29) is 10.3 Å². The van der Waals surface area contributed by atoms with E-state index in [1.54, 1.807) is 11.9 Å². The summed E-state index contributed by atoms with van der Waals surface area (Å²) in [5, 5.41) is 8.99. The monoisotopic (exact) mass is 175 g/mol. The molecule has 1 fully saturated rings. The standard InChI is InChI=1S/C8H17NOS/c1-7(2,3)9-11-8(6-10)4-5-8/h9-10H,4-6H2,1-3H3. The van der Waals surface area contributed by atoms with Gasteiger partial charge in [0.15, 0.2) is 0 Å². The Morgan fingerprint density at radius 2 is 2.00 bits per heavy atom. The first-order valence-corrected chi connectivity index (χ1v) is 4.85. The largest absolute Gasteiger partial charge is 0.395 e. The van der Waals surface area contributed by atoms with Gasteiger partial charge in [0.25, 0.3) is 0 Å². The summed E-state index contributed by atoms with van der Waals surface area (Å²) in [7, 11) is 0. The minimum absolute atomic E-state index is 0.148. The number of hydrogen-bond donors (Lipinski definition) is 2. The first-order chi connectivity index (χ1) is 4.97. The first-order valence-electron chi connectivity index (χ1n) is 4.04. The lowest BCUT2D eigenvalue weighted by atomic mass is 10.1. The molecule has 0 saturated heterocycles. The highest BCUT2D eigenvalue weighted by atomic mass is 32.2. The van der Waals surface area contributed by atoms with Crippen molar-refractivity contribution >= 4 is 11.9 Å². The molecule has 1 aliphatic rings. The molecular weight excluding hydrogens is 158 g/mol. The van der Waals surface area contributed by atoms with Crippen LogP contribution in [0.25, 0.3) is 0 Å². The highest BCUT2D eigenvalue weighted by Gasteiger charge is 2.43. The van der Waals surface area contributed by atoms with Gasteiger partial charge in [0.1, 0.15) is 0 Å². The maximum Gasteiger partial charge on any atom is 0.0590 e. The van der Waals surface area contributed by atoms with Crippen molar-refractivity contribution in [2.75, 3.05) is 6.61 Å². The molecule has 3 heteroatoms. The van der Waals surface area contributed by atoms with E-state index in [4.69, 9.17) is 5.11 Å². The number of hydrogen-bond acceptors (Lipinski definition) is 3. The fourth-order valence-corrected chi connectivity index (χ4v) is 1.59. The van der Waals surface area contributed by atoms with E-state index in [9.17, 15) is 0 Å². The van der Waals surface area contributed by atoms with Gasteiger partial charge in [0, 0.05) is 5.54 Å².